The molecule has 1 aliphatic rings. The van der Waals surface area contributed by atoms with E-state index in [4.69, 9.17) is 32.5 Å². The van der Waals surface area contributed by atoms with E-state index >= 15 is 0 Å². The number of carboxylic acids is 2. The van der Waals surface area contributed by atoms with E-state index in [2.05, 4.69) is 20.9 Å². The Bertz CT molecular complexity index is 1270. The number of amides is 3. The molecule has 0 bridgehead atoms. The number of aliphatic carboxylic acids is 2. The van der Waals surface area contributed by atoms with Crippen molar-refractivity contribution < 1.29 is 47.4 Å². The number of rotatable bonds is 15. The number of alkyl halides is 3. The van der Waals surface area contributed by atoms with Crippen LogP contribution in [-0.4, -0.2) is 83.5 Å². The number of amidine groups is 1. The first-order valence-corrected chi connectivity index (χ1v) is 14.8. The van der Waals surface area contributed by atoms with Gasteiger partial charge in [0.25, 0.3) is 0 Å². The van der Waals surface area contributed by atoms with Gasteiger partial charge in [-0.1, -0.05) is 56.4 Å². The third-order valence-corrected chi connectivity index (χ3v) is 7.31. The molecule has 0 heterocycles. The highest BCUT2D eigenvalue weighted by Gasteiger charge is 2.38. The van der Waals surface area contributed by atoms with Gasteiger partial charge in [0.1, 0.15) is 23.8 Å². The van der Waals surface area contributed by atoms with Gasteiger partial charge in [-0.15, -0.1) is 0 Å². The Morgan fingerprint density at radius 1 is 0.936 bits per heavy atom. The Morgan fingerprint density at radius 2 is 1.49 bits per heavy atom. The molecule has 3 atom stereocenters. The second-order valence-electron chi connectivity index (χ2n) is 10.9. The van der Waals surface area contributed by atoms with Crippen LogP contribution < -0.4 is 33.2 Å². The molecular weight excluding hydrogens is 629 g/mol. The predicted molar refractivity (Wildman–Crippen MR) is 165 cm³/mol. The molecule has 18 heteroatoms. The minimum absolute atomic E-state index is 0.0595. The maximum atomic E-state index is 13.4. The number of benzene rings is 1. The standard InChI is InChI=1S/C27H42N8O5.C2HF3O2/c1-32-23(36)19(14-17-9-11-18(12-10-17)22(28)29)24(37)35-21(15-16-6-3-2-4-7-16)25(38)34-20(26(39)40)8-5-13-33-27(30)31;3-2(4,5)1(6)7/h9-12,16,19-21H,2-8,13-15H2,1H3,(H3,28,29)(H,32,36)(H,34,38)(H,35,37)(H,39,40)(H4,30,31,33);(H,6,7)/t19?,20-,21-;/m0./s1. The molecule has 2 rings (SSSR count). The first-order chi connectivity index (χ1) is 22.0. The van der Waals surface area contributed by atoms with Crippen LogP contribution in [-0.2, 0) is 30.4 Å². The zero-order valence-corrected chi connectivity index (χ0v) is 25.9. The number of nitrogen functional groups attached to an aromatic ring is 1. The molecule has 1 fully saturated rings. The number of hydrogen-bond acceptors (Lipinski definition) is 7. The highest BCUT2D eigenvalue weighted by Crippen LogP contribution is 2.27. The summed E-state index contributed by atoms with van der Waals surface area (Å²) in [6.45, 7) is 0.214. The lowest BCUT2D eigenvalue weighted by Crippen LogP contribution is -2.54. The van der Waals surface area contributed by atoms with Crippen molar-refractivity contribution in [3.05, 3.63) is 35.4 Å². The minimum atomic E-state index is -5.08. The fourth-order valence-electron chi connectivity index (χ4n) is 4.83. The van der Waals surface area contributed by atoms with Gasteiger partial charge in [-0.3, -0.25) is 24.8 Å². The van der Waals surface area contributed by atoms with Crippen molar-refractivity contribution in [2.24, 2.45) is 34.0 Å². The number of halogens is 3. The van der Waals surface area contributed by atoms with E-state index in [-0.39, 0.29) is 37.1 Å². The van der Waals surface area contributed by atoms with Gasteiger partial charge in [0.2, 0.25) is 17.7 Å². The van der Waals surface area contributed by atoms with Crippen molar-refractivity contribution in [2.45, 2.75) is 76.0 Å². The summed E-state index contributed by atoms with van der Waals surface area (Å²) >= 11 is 0. The number of carboxylic acid groups (broad SMARTS) is 2. The van der Waals surface area contributed by atoms with Gasteiger partial charge in [-0.2, -0.15) is 13.2 Å². The van der Waals surface area contributed by atoms with E-state index in [1.807, 2.05) is 0 Å². The molecule has 3 amide bonds. The molecule has 15 nitrogen and oxygen atoms in total. The van der Waals surface area contributed by atoms with Crippen molar-refractivity contribution in [1.29, 1.82) is 5.41 Å². The monoisotopic (exact) mass is 672 g/mol. The maximum absolute atomic E-state index is 13.4. The van der Waals surface area contributed by atoms with Crippen molar-refractivity contribution >= 4 is 41.5 Å². The first-order valence-electron chi connectivity index (χ1n) is 14.8. The Kier molecular flexibility index (Phi) is 16.7. The quantitative estimate of drug-likeness (QED) is 0.0541. The normalized spacial score (nSPS) is 15.0. The number of hydrogen-bond donors (Lipinski definition) is 9. The van der Waals surface area contributed by atoms with Gasteiger partial charge in [0.05, 0.1) is 0 Å². The van der Waals surface area contributed by atoms with E-state index in [0.717, 1.165) is 32.1 Å². The van der Waals surface area contributed by atoms with E-state index in [0.29, 0.717) is 24.0 Å². The van der Waals surface area contributed by atoms with Gasteiger partial charge in [0.15, 0.2) is 5.96 Å². The van der Waals surface area contributed by atoms with Crippen LogP contribution in [0, 0.1) is 17.2 Å². The van der Waals surface area contributed by atoms with Crippen LogP contribution in [0.25, 0.3) is 0 Å². The summed E-state index contributed by atoms with van der Waals surface area (Å²) < 4.78 is 31.7. The van der Waals surface area contributed by atoms with Gasteiger partial charge in [0, 0.05) is 19.2 Å². The summed E-state index contributed by atoms with van der Waals surface area (Å²) in [6.07, 6.45) is 0.700. The fraction of sp³-hybridized carbons (Fsp3) is 0.552. The zero-order valence-electron chi connectivity index (χ0n) is 25.9. The van der Waals surface area contributed by atoms with Crippen molar-refractivity contribution in [2.75, 3.05) is 13.6 Å². The van der Waals surface area contributed by atoms with Crippen LogP contribution in [0.1, 0.15) is 62.5 Å². The molecule has 262 valence electrons. The molecule has 12 N–H and O–H groups in total. The van der Waals surface area contributed by atoms with Crippen LogP contribution in [0.15, 0.2) is 29.3 Å². The predicted octanol–water partition coefficient (Wildman–Crippen LogP) is 0.587. The van der Waals surface area contributed by atoms with E-state index in [1.54, 1.807) is 24.3 Å². The van der Waals surface area contributed by atoms with Gasteiger partial charge in [-0.25, -0.2) is 9.59 Å². The molecular formula is C29H43F3N8O7. The molecule has 1 saturated carbocycles. The highest BCUT2D eigenvalue weighted by atomic mass is 19.4. The van der Waals surface area contributed by atoms with Crippen LogP contribution >= 0.6 is 0 Å². The molecule has 0 aromatic heterocycles. The largest absolute Gasteiger partial charge is 0.490 e. The topological polar surface area (TPSA) is 276 Å². The molecule has 1 aromatic carbocycles. The fourth-order valence-corrected chi connectivity index (χ4v) is 4.83. The molecule has 1 aromatic rings. The van der Waals surface area contributed by atoms with E-state index in [9.17, 15) is 37.5 Å². The van der Waals surface area contributed by atoms with Gasteiger partial charge in [-0.05, 0) is 37.2 Å². The van der Waals surface area contributed by atoms with Crippen molar-refractivity contribution in [3.63, 3.8) is 0 Å². The Morgan fingerprint density at radius 3 is 1.96 bits per heavy atom. The first kappa shape index (κ1) is 40.1. The molecule has 0 saturated heterocycles. The summed E-state index contributed by atoms with van der Waals surface area (Å²) in [5.74, 6) is -6.89. The lowest BCUT2D eigenvalue weighted by molar-refractivity contribution is -0.192. The smallest absolute Gasteiger partial charge is 0.480 e. The maximum Gasteiger partial charge on any atom is 0.490 e. The number of carbonyl (C=O) groups is 5. The zero-order chi connectivity index (χ0) is 35.7. The van der Waals surface area contributed by atoms with Gasteiger partial charge >= 0.3 is 18.1 Å². The number of nitrogens with zero attached hydrogens (tertiary/aromatic N) is 1. The molecule has 1 aliphatic carbocycles. The summed E-state index contributed by atoms with van der Waals surface area (Å²) in [5, 5.41) is 32.1. The van der Waals surface area contributed by atoms with Crippen molar-refractivity contribution in [3.8, 4) is 0 Å². The summed E-state index contributed by atoms with van der Waals surface area (Å²) in [5.41, 5.74) is 17.3. The van der Waals surface area contributed by atoms with Crippen LogP contribution in [0.5, 0.6) is 0 Å². The molecule has 0 spiro atoms. The second-order valence-corrected chi connectivity index (χ2v) is 10.9. The summed E-state index contributed by atoms with van der Waals surface area (Å²) in [6, 6.07) is 4.44. The Hall–Kier alpha value is -4.90. The second kappa shape index (κ2) is 19.6. The van der Waals surface area contributed by atoms with Crippen LogP contribution in [0.4, 0.5) is 13.2 Å². The Balaban J connectivity index is 0.00000141. The van der Waals surface area contributed by atoms with E-state index in [1.165, 1.54) is 7.05 Å². The lowest BCUT2D eigenvalue weighted by atomic mass is 9.84. The molecule has 1 unspecified atom stereocenters. The minimum Gasteiger partial charge on any atom is -0.480 e. The van der Waals surface area contributed by atoms with E-state index < -0.39 is 53.8 Å². The summed E-state index contributed by atoms with van der Waals surface area (Å²) in [7, 11) is 1.42. The summed E-state index contributed by atoms with van der Waals surface area (Å²) in [4.78, 5) is 64.0. The van der Waals surface area contributed by atoms with Crippen LogP contribution in [0.2, 0.25) is 0 Å². The van der Waals surface area contributed by atoms with Crippen molar-refractivity contribution in [1.82, 2.24) is 16.0 Å². The SMILES string of the molecule is CNC(=O)C(Cc1ccc(C(=N)N)cc1)C(=O)N[C@@H](CC1CCCCC1)C(=O)N[C@@H](CCCN=C(N)N)C(=O)O.O=C(O)C(F)(F)F. The highest BCUT2D eigenvalue weighted by molar-refractivity contribution is 6.02. The number of aliphatic imine (C=N–C) groups is 1. The third kappa shape index (κ3) is 15.3. The number of carbonyl (C=O) groups excluding carboxylic acids is 3. The van der Waals surface area contributed by atoms with Crippen LogP contribution in [0.3, 0.4) is 0 Å². The average molecular weight is 673 g/mol. The lowest BCUT2D eigenvalue weighted by Gasteiger charge is -2.28. The average Bonchev–Trinajstić information content (AvgIpc) is 3.00. The number of nitrogens with two attached hydrogens (primary N) is 3. The molecule has 47 heavy (non-hydrogen) atoms. The number of guanidine groups is 1. The Labute approximate surface area is 269 Å². The number of nitrogens with one attached hydrogen (secondary N) is 4. The third-order valence-electron chi connectivity index (χ3n) is 7.31. The molecule has 0 aliphatic heterocycles. The molecule has 0 radical (unpaired) electrons. The van der Waals surface area contributed by atoms with Gasteiger partial charge < -0.3 is 43.4 Å².